The molecule has 0 fully saturated rings. The summed E-state index contributed by atoms with van der Waals surface area (Å²) in [5.74, 6) is -1.56. The van der Waals surface area contributed by atoms with Gasteiger partial charge in [0.2, 0.25) is 11.8 Å². The molecule has 6 heteroatoms. The van der Waals surface area contributed by atoms with Gasteiger partial charge in [-0.15, -0.1) is 0 Å². The predicted molar refractivity (Wildman–Crippen MR) is 90.6 cm³/mol. The normalized spacial score (nSPS) is 16.2. The quantitative estimate of drug-likeness (QED) is 0.892. The average molecular weight is 347 g/mol. The number of nitrogens with one attached hydrogen (secondary N) is 2. The summed E-state index contributed by atoms with van der Waals surface area (Å²) in [4.78, 5) is 24.2. The van der Waals surface area contributed by atoms with Gasteiger partial charge in [0.05, 0.1) is 5.92 Å². The number of carbonyl (C=O) groups is 2. The second-order valence-electron chi connectivity index (χ2n) is 5.70. The third-order valence-electron chi connectivity index (χ3n) is 4.00. The van der Waals surface area contributed by atoms with Gasteiger partial charge >= 0.3 is 0 Å². The van der Waals surface area contributed by atoms with Crippen molar-refractivity contribution in [2.24, 2.45) is 0 Å². The largest absolute Gasteiger partial charge is 0.355 e. The highest BCUT2D eigenvalue weighted by atomic mass is 35.5. The molecule has 2 amide bonds. The van der Waals surface area contributed by atoms with Gasteiger partial charge in [-0.3, -0.25) is 9.59 Å². The fraction of sp³-hybridized carbons (Fsp3) is 0.222. The molecule has 1 atom stereocenters. The molecule has 2 aromatic rings. The second kappa shape index (κ2) is 7.01. The van der Waals surface area contributed by atoms with Crippen LogP contribution in [0.1, 0.15) is 23.5 Å². The molecule has 4 nitrogen and oxygen atoms in total. The maximum absolute atomic E-state index is 13.3. The van der Waals surface area contributed by atoms with Crippen LogP contribution < -0.4 is 10.6 Å². The Morgan fingerprint density at radius 1 is 1.25 bits per heavy atom. The highest BCUT2D eigenvalue weighted by Crippen LogP contribution is 2.32. The van der Waals surface area contributed by atoms with Crippen molar-refractivity contribution in [3.63, 3.8) is 0 Å². The molecule has 0 saturated carbocycles. The fourth-order valence-electron chi connectivity index (χ4n) is 2.78. The summed E-state index contributed by atoms with van der Waals surface area (Å²) in [5.41, 5.74) is 2.06. The van der Waals surface area contributed by atoms with E-state index in [1.807, 2.05) is 12.1 Å². The highest BCUT2D eigenvalue weighted by molar-refractivity contribution is 6.30. The van der Waals surface area contributed by atoms with E-state index in [9.17, 15) is 14.0 Å². The Hall–Kier alpha value is -2.40. The van der Waals surface area contributed by atoms with Crippen LogP contribution in [-0.2, 0) is 16.0 Å². The first-order valence-electron chi connectivity index (χ1n) is 7.64. The van der Waals surface area contributed by atoms with Crippen LogP contribution in [0, 0.1) is 5.82 Å². The summed E-state index contributed by atoms with van der Waals surface area (Å²) in [6.45, 7) is 0.453. The molecule has 3 rings (SSSR count). The number of anilines is 1. The van der Waals surface area contributed by atoms with Gasteiger partial charge in [0.25, 0.3) is 0 Å². The van der Waals surface area contributed by atoms with Crippen molar-refractivity contribution >= 4 is 29.1 Å². The van der Waals surface area contributed by atoms with Gasteiger partial charge in [0, 0.05) is 23.7 Å². The number of carbonyl (C=O) groups excluding carboxylic acids is 2. The molecule has 0 saturated heterocycles. The zero-order chi connectivity index (χ0) is 17.1. The van der Waals surface area contributed by atoms with Gasteiger partial charge < -0.3 is 10.6 Å². The lowest BCUT2D eigenvalue weighted by Gasteiger charge is -2.24. The van der Waals surface area contributed by atoms with Crippen molar-refractivity contribution < 1.29 is 14.0 Å². The molecule has 0 unspecified atom stereocenters. The highest BCUT2D eigenvalue weighted by Gasteiger charge is 2.30. The minimum absolute atomic E-state index is 0.0609. The zero-order valence-electron chi connectivity index (χ0n) is 12.8. The summed E-state index contributed by atoms with van der Waals surface area (Å²) >= 11 is 5.84. The lowest BCUT2D eigenvalue weighted by molar-refractivity contribution is -0.126. The van der Waals surface area contributed by atoms with Crippen molar-refractivity contribution in [1.29, 1.82) is 0 Å². The van der Waals surface area contributed by atoms with E-state index in [0.717, 1.165) is 5.56 Å². The van der Waals surface area contributed by atoms with Gasteiger partial charge in [-0.2, -0.15) is 0 Å². The smallest absolute Gasteiger partial charge is 0.228 e. The van der Waals surface area contributed by atoms with Crippen LogP contribution in [-0.4, -0.2) is 18.4 Å². The maximum Gasteiger partial charge on any atom is 0.228 e. The van der Waals surface area contributed by atoms with Gasteiger partial charge in [-0.1, -0.05) is 29.8 Å². The molecule has 1 aliphatic rings. The molecule has 0 radical (unpaired) electrons. The minimum atomic E-state index is -0.598. The first-order valence-corrected chi connectivity index (χ1v) is 8.02. The average Bonchev–Trinajstić information content (AvgIpc) is 2.55. The molecule has 124 valence electrons. The minimum Gasteiger partial charge on any atom is -0.355 e. The van der Waals surface area contributed by atoms with E-state index in [4.69, 9.17) is 11.6 Å². The molecule has 0 aliphatic carbocycles. The van der Waals surface area contributed by atoms with Gasteiger partial charge in [0.15, 0.2) is 0 Å². The summed E-state index contributed by atoms with van der Waals surface area (Å²) in [7, 11) is 0. The van der Waals surface area contributed by atoms with Crippen LogP contribution in [0.5, 0.6) is 0 Å². The summed E-state index contributed by atoms with van der Waals surface area (Å²) < 4.78 is 13.3. The van der Waals surface area contributed by atoms with E-state index in [1.165, 1.54) is 12.1 Å². The summed E-state index contributed by atoms with van der Waals surface area (Å²) in [6, 6.07) is 11.5. The molecule has 0 bridgehead atoms. The number of rotatable bonds is 4. The Labute approximate surface area is 144 Å². The monoisotopic (exact) mass is 346 g/mol. The topological polar surface area (TPSA) is 58.2 Å². The van der Waals surface area contributed by atoms with Crippen molar-refractivity contribution in [1.82, 2.24) is 5.32 Å². The van der Waals surface area contributed by atoms with Gasteiger partial charge in [-0.25, -0.2) is 4.39 Å². The van der Waals surface area contributed by atoms with Gasteiger partial charge in [0.1, 0.15) is 5.82 Å². The molecule has 2 N–H and O–H groups in total. The van der Waals surface area contributed by atoms with E-state index in [0.29, 0.717) is 29.2 Å². The van der Waals surface area contributed by atoms with Crippen molar-refractivity contribution in [3.05, 3.63) is 64.4 Å². The lowest BCUT2D eigenvalue weighted by atomic mass is 9.89. The summed E-state index contributed by atoms with van der Waals surface area (Å²) in [5, 5.41) is 6.11. The first kappa shape index (κ1) is 16.5. The Balaban J connectivity index is 1.65. The molecular formula is C18H16ClFN2O2. The number of halogens is 2. The molecular weight excluding hydrogens is 331 g/mol. The van der Waals surface area contributed by atoms with Crippen LogP contribution in [0.2, 0.25) is 5.02 Å². The van der Waals surface area contributed by atoms with Gasteiger partial charge in [-0.05, 0) is 41.8 Å². The van der Waals surface area contributed by atoms with Crippen molar-refractivity contribution in [2.75, 3.05) is 11.9 Å². The summed E-state index contributed by atoms with van der Waals surface area (Å²) in [6.07, 6.45) is 0.726. The molecule has 2 aromatic carbocycles. The van der Waals surface area contributed by atoms with E-state index in [2.05, 4.69) is 10.6 Å². The third-order valence-corrected chi connectivity index (χ3v) is 4.25. The number of benzene rings is 2. The second-order valence-corrected chi connectivity index (χ2v) is 6.14. The van der Waals surface area contributed by atoms with Crippen LogP contribution in [0.15, 0.2) is 42.5 Å². The zero-order valence-corrected chi connectivity index (χ0v) is 13.6. The molecule has 1 aliphatic heterocycles. The van der Waals surface area contributed by atoms with Crippen LogP contribution in [0.3, 0.4) is 0 Å². The van der Waals surface area contributed by atoms with E-state index in [-0.39, 0.29) is 18.2 Å². The molecule has 24 heavy (non-hydrogen) atoms. The Morgan fingerprint density at radius 2 is 2.00 bits per heavy atom. The predicted octanol–water partition coefficient (Wildman–Crippen LogP) is 3.26. The van der Waals surface area contributed by atoms with E-state index in [1.54, 1.807) is 18.2 Å². The van der Waals surface area contributed by atoms with E-state index >= 15 is 0 Å². The Morgan fingerprint density at radius 3 is 2.75 bits per heavy atom. The molecule has 1 heterocycles. The SMILES string of the molecule is O=C1C[C@H](C(=O)NCCc2ccc(Cl)cc2)c2ccc(F)cc2N1. The maximum atomic E-state index is 13.3. The number of fused-ring (bicyclic) bond motifs is 1. The number of hydrogen-bond donors (Lipinski definition) is 2. The Bertz CT molecular complexity index is 777. The lowest BCUT2D eigenvalue weighted by Crippen LogP contribution is -2.36. The molecule has 0 aromatic heterocycles. The Kier molecular flexibility index (Phi) is 4.81. The fourth-order valence-corrected chi connectivity index (χ4v) is 2.90. The number of amides is 2. The number of hydrogen-bond acceptors (Lipinski definition) is 2. The van der Waals surface area contributed by atoms with Crippen molar-refractivity contribution in [2.45, 2.75) is 18.8 Å². The van der Waals surface area contributed by atoms with Crippen LogP contribution >= 0.6 is 11.6 Å². The van der Waals surface area contributed by atoms with E-state index < -0.39 is 11.7 Å². The van der Waals surface area contributed by atoms with Crippen LogP contribution in [0.4, 0.5) is 10.1 Å². The van der Waals surface area contributed by atoms with Crippen LogP contribution in [0.25, 0.3) is 0 Å². The van der Waals surface area contributed by atoms with Crippen molar-refractivity contribution in [3.8, 4) is 0 Å². The first-order chi connectivity index (χ1) is 11.5. The third kappa shape index (κ3) is 3.74. The standard InChI is InChI=1S/C18H16ClFN2O2/c19-12-3-1-11(2-4-12)7-8-21-18(24)15-10-17(23)22-16-9-13(20)5-6-14(15)16/h1-6,9,15H,7-8,10H2,(H,21,24)(H,22,23)/t15-/m0/s1. The molecule has 0 spiro atoms.